The Morgan fingerprint density at radius 1 is 1.19 bits per heavy atom. The van der Waals surface area contributed by atoms with Gasteiger partial charge in [0, 0.05) is 30.6 Å². The number of aromatic nitrogens is 1. The summed E-state index contributed by atoms with van der Waals surface area (Å²) in [6.07, 6.45) is 0. The third kappa shape index (κ3) is 4.95. The lowest BCUT2D eigenvalue weighted by Crippen LogP contribution is -2.24. The van der Waals surface area contributed by atoms with Crippen molar-refractivity contribution in [3.05, 3.63) is 58.5 Å². The standard InChI is InChI=1S/C21H21F2N3O4S2/c1-12-9-14(10-18(13(12)2)32(28,29)26(3)4)19(27)25-21-24-16(11-31-21)15-7-5-6-8-17(15)30-20(22)23/h5-11,20H,1-4H3,(H,24,25,27). The highest BCUT2D eigenvalue weighted by Crippen LogP contribution is 2.33. The monoisotopic (exact) mass is 481 g/mol. The van der Waals surface area contributed by atoms with Gasteiger partial charge < -0.3 is 4.74 Å². The Morgan fingerprint density at radius 2 is 1.88 bits per heavy atom. The van der Waals surface area contributed by atoms with E-state index in [1.807, 2.05) is 0 Å². The van der Waals surface area contributed by atoms with Gasteiger partial charge >= 0.3 is 6.61 Å². The Labute approximate surface area is 188 Å². The Kier molecular flexibility index (Phi) is 6.91. The Bertz CT molecular complexity index is 1260. The average molecular weight is 482 g/mol. The predicted molar refractivity (Wildman–Crippen MR) is 119 cm³/mol. The molecule has 2 aromatic carbocycles. The van der Waals surface area contributed by atoms with E-state index in [1.54, 1.807) is 43.5 Å². The molecule has 0 aliphatic heterocycles. The number of carbonyl (C=O) groups excluding carboxylic acids is 1. The number of anilines is 1. The van der Waals surface area contributed by atoms with Gasteiger partial charge in [0.2, 0.25) is 10.0 Å². The summed E-state index contributed by atoms with van der Waals surface area (Å²) < 4.78 is 56.2. The Morgan fingerprint density at radius 3 is 2.53 bits per heavy atom. The van der Waals surface area contributed by atoms with Crippen LogP contribution in [0.5, 0.6) is 5.75 Å². The average Bonchev–Trinajstić information content (AvgIpc) is 3.17. The van der Waals surface area contributed by atoms with E-state index in [9.17, 15) is 22.0 Å². The minimum atomic E-state index is -3.74. The number of nitrogens with one attached hydrogen (secondary N) is 1. The number of hydrogen-bond acceptors (Lipinski definition) is 6. The van der Waals surface area contributed by atoms with Gasteiger partial charge in [-0.15, -0.1) is 11.3 Å². The topological polar surface area (TPSA) is 88.6 Å². The predicted octanol–water partition coefficient (Wildman–Crippen LogP) is 4.53. The fraction of sp³-hybridized carbons (Fsp3) is 0.238. The molecule has 0 bridgehead atoms. The first-order valence-electron chi connectivity index (χ1n) is 9.35. The highest BCUT2D eigenvalue weighted by atomic mass is 32.2. The highest BCUT2D eigenvalue weighted by molar-refractivity contribution is 7.89. The quantitative estimate of drug-likeness (QED) is 0.536. The summed E-state index contributed by atoms with van der Waals surface area (Å²) in [4.78, 5) is 17.1. The van der Waals surface area contributed by atoms with Gasteiger partial charge in [-0.25, -0.2) is 17.7 Å². The molecule has 7 nitrogen and oxygen atoms in total. The van der Waals surface area contributed by atoms with Gasteiger partial charge in [0.25, 0.3) is 5.91 Å². The number of alkyl halides is 2. The molecule has 0 aliphatic carbocycles. The van der Waals surface area contributed by atoms with Crippen LogP contribution in [0.1, 0.15) is 21.5 Å². The number of para-hydroxylation sites is 1. The number of sulfonamides is 1. The van der Waals surface area contributed by atoms with Crippen LogP contribution in [0.4, 0.5) is 13.9 Å². The third-order valence-corrected chi connectivity index (χ3v) is 7.44. The van der Waals surface area contributed by atoms with Gasteiger partial charge in [-0.2, -0.15) is 8.78 Å². The van der Waals surface area contributed by atoms with Crippen LogP contribution in [-0.2, 0) is 10.0 Å². The van der Waals surface area contributed by atoms with Gasteiger partial charge in [0.15, 0.2) is 5.13 Å². The highest BCUT2D eigenvalue weighted by Gasteiger charge is 2.23. The molecule has 3 aromatic rings. The van der Waals surface area contributed by atoms with E-state index in [0.29, 0.717) is 22.4 Å². The van der Waals surface area contributed by atoms with Crippen LogP contribution >= 0.6 is 11.3 Å². The van der Waals surface area contributed by atoms with E-state index < -0.39 is 22.5 Å². The molecule has 0 fully saturated rings. The second-order valence-electron chi connectivity index (χ2n) is 7.07. The molecule has 1 heterocycles. The fourth-order valence-corrected chi connectivity index (χ4v) is 4.85. The van der Waals surface area contributed by atoms with Crippen molar-refractivity contribution in [1.82, 2.24) is 9.29 Å². The van der Waals surface area contributed by atoms with E-state index in [2.05, 4.69) is 15.0 Å². The van der Waals surface area contributed by atoms with Gasteiger partial charge in [0.1, 0.15) is 5.75 Å². The van der Waals surface area contributed by atoms with Crippen LogP contribution in [0.3, 0.4) is 0 Å². The number of carbonyl (C=O) groups is 1. The normalized spacial score (nSPS) is 11.8. The lowest BCUT2D eigenvalue weighted by Gasteiger charge is -2.16. The number of thiazole rings is 1. The Balaban J connectivity index is 1.89. The first-order chi connectivity index (χ1) is 15.0. The smallest absolute Gasteiger partial charge is 0.387 e. The van der Waals surface area contributed by atoms with Crippen molar-refractivity contribution in [2.24, 2.45) is 0 Å². The van der Waals surface area contributed by atoms with Crippen molar-refractivity contribution >= 4 is 32.4 Å². The molecule has 1 N–H and O–H groups in total. The molecule has 1 aromatic heterocycles. The maximum atomic E-state index is 12.8. The molecule has 0 aliphatic rings. The first kappa shape index (κ1) is 23.8. The number of amides is 1. The van der Waals surface area contributed by atoms with Crippen LogP contribution in [0, 0.1) is 13.8 Å². The molecular formula is C21H21F2N3O4S2. The zero-order valence-electron chi connectivity index (χ0n) is 17.7. The molecule has 0 unspecified atom stereocenters. The zero-order valence-corrected chi connectivity index (χ0v) is 19.4. The van der Waals surface area contributed by atoms with Gasteiger partial charge in [0.05, 0.1) is 10.6 Å². The summed E-state index contributed by atoms with van der Waals surface area (Å²) in [5, 5.41) is 4.47. The van der Waals surface area contributed by atoms with Crippen LogP contribution in [0.2, 0.25) is 0 Å². The van der Waals surface area contributed by atoms with E-state index >= 15 is 0 Å². The maximum Gasteiger partial charge on any atom is 0.387 e. The molecule has 0 saturated heterocycles. The number of halogens is 2. The third-order valence-electron chi connectivity index (χ3n) is 4.74. The summed E-state index contributed by atoms with van der Waals surface area (Å²) in [6.45, 7) is 0.424. The largest absolute Gasteiger partial charge is 0.434 e. The Hall–Kier alpha value is -2.89. The number of ether oxygens (including phenoxy) is 1. The number of aryl methyl sites for hydroxylation is 1. The molecule has 32 heavy (non-hydrogen) atoms. The van der Waals surface area contributed by atoms with Crippen molar-refractivity contribution in [2.45, 2.75) is 25.4 Å². The molecule has 0 atom stereocenters. The van der Waals surface area contributed by atoms with E-state index in [4.69, 9.17) is 0 Å². The molecule has 170 valence electrons. The molecule has 3 rings (SSSR count). The molecule has 0 saturated carbocycles. The van der Waals surface area contributed by atoms with Crippen molar-refractivity contribution in [1.29, 1.82) is 0 Å². The van der Waals surface area contributed by atoms with Crippen LogP contribution in [-0.4, -0.2) is 44.3 Å². The zero-order chi connectivity index (χ0) is 23.6. The second-order valence-corrected chi connectivity index (χ2v) is 10.0. The van der Waals surface area contributed by atoms with Crippen molar-refractivity contribution < 1.29 is 26.7 Å². The second kappa shape index (κ2) is 9.31. The summed E-state index contributed by atoms with van der Waals surface area (Å²) in [6, 6.07) is 9.14. The summed E-state index contributed by atoms with van der Waals surface area (Å²) >= 11 is 1.10. The van der Waals surface area contributed by atoms with E-state index in [-0.39, 0.29) is 21.3 Å². The number of nitrogens with zero attached hydrogens (tertiary/aromatic N) is 2. The van der Waals surface area contributed by atoms with Crippen molar-refractivity contribution in [3.8, 4) is 17.0 Å². The van der Waals surface area contributed by atoms with Crippen LogP contribution in [0.25, 0.3) is 11.3 Å². The number of rotatable bonds is 7. The van der Waals surface area contributed by atoms with Crippen molar-refractivity contribution in [2.75, 3.05) is 19.4 Å². The molecule has 0 radical (unpaired) electrons. The minimum Gasteiger partial charge on any atom is -0.434 e. The van der Waals surface area contributed by atoms with Gasteiger partial charge in [-0.05, 0) is 49.2 Å². The van der Waals surface area contributed by atoms with Crippen molar-refractivity contribution in [3.63, 3.8) is 0 Å². The maximum absolute atomic E-state index is 12.8. The van der Waals surface area contributed by atoms with Crippen LogP contribution in [0.15, 0.2) is 46.7 Å². The minimum absolute atomic E-state index is 0.0293. The van der Waals surface area contributed by atoms with Crippen LogP contribution < -0.4 is 10.1 Å². The lowest BCUT2D eigenvalue weighted by molar-refractivity contribution is -0.0494. The fourth-order valence-electron chi connectivity index (χ4n) is 2.92. The summed E-state index contributed by atoms with van der Waals surface area (Å²) in [7, 11) is -0.900. The number of benzene rings is 2. The van der Waals surface area contributed by atoms with Gasteiger partial charge in [-0.3, -0.25) is 10.1 Å². The SMILES string of the molecule is Cc1cc(C(=O)Nc2nc(-c3ccccc3OC(F)F)cs2)cc(S(=O)(=O)N(C)C)c1C. The van der Waals surface area contributed by atoms with E-state index in [0.717, 1.165) is 15.6 Å². The number of hydrogen-bond donors (Lipinski definition) is 1. The first-order valence-corrected chi connectivity index (χ1v) is 11.7. The molecular weight excluding hydrogens is 460 g/mol. The lowest BCUT2D eigenvalue weighted by atomic mass is 10.1. The molecule has 11 heteroatoms. The van der Waals surface area contributed by atoms with Gasteiger partial charge in [-0.1, -0.05) is 12.1 Å². The summed E-state index contributed by atoms with van der Waals surface area (Å²) in [5.41, 5.74) is 2.08. The molecule has 0 spiro atoms. The van der Waals surface area contributed by atoms with E-state index in [1.165, 1.54) is 26.2 Å². The summed E-state index contributed by atoms with van der Waals surface area (Å²) in [5.74, 6) is -0.570. The molecule has 1 amide bonds.